The van der Waals surface area contributed by atoms with E-state index in [1.807, 2.05) is 6.07 Å². The average Bonchev–Trinajstić information content (AvgIpc) is 1.52. The van der Waals surface area contributed by atoms with E-state index < -0.39 is 0 Å². The van der Waals surface area contributed by atoms with Crippen molar-refractivity contribution in [1.29, 1.82) is 0 Å². The summed E-state index contributed by atoms with van der Waals surface area (Å²) in [7, 11) is 0. The van der Waals surface area contributed by atoms with Gasteiger partial charge in [-0.1, -0.05) is 233 Å². The van der Waals surface area contributed by atoms with Gasteiger partial charge in [-0.05, 0) is 179 Å². The molecule has 0 radical (unpaired) electrons. The molecule has 0 aliphatic carbocycles. The van der Waals surface area contributed by atoms with E-state index in [0.29, 0.717) is 23.3 Å². The molecule has 4 heterocycles. The van der Waals surface area contributed by atoms with Crippen LogP contribution in [0.15, 0.2) is 162 Å². The monoisotopic (exact) mass is 1240 g/mol. The maximum atomic E-state index is 6.92. The largest absolute Gasteiger partial charge is 0.455 e. The van der Waals surface area contributed by atoms with Crippen LogP contribution in [0.1, 0.15) is 211 Å². The van der Waals surface area contributed by atoms with E-state index in [0.717, 1.165) is 94.2 Å². The molecule has 12 aromatic rings. The van der Waals surface area contributed by atoms with Crippen molar-refractivity contribution in [1.82, 2.24) is 29.5 Å². The molecule has 0 atom stereocenters. The molecule has 94 heavy (non-hydrogen) atoms. The molecule has 0 amide bonds. The first-order valence-electron chi connectivity index (χ1n) is 33.9. The van der Waals surface area contributed by atoms with Gasteiger partial charge in [0, 0.05) is 49.5 Å². The lowest BCUT2D eigenvalue weighted by Gasteiger charge is -2.27. The molecule has 482 valence electrons. The Morgan fingerprint density at radius 3 is 1.06 bits per heavy atom. The van der Waals surface area contributed by atoms with Crippen LogP contribution in [0.5, 0.6) is 0 Å². The Hall–Kier alpha value is -8.55. The molecule has 0 bridgehead atoms. The van der Waals surface area contributed by atoms with E-state index in [-0.39, 0.29) is 43.3 Å². The molecular weight excluding hydrogens is 1140 g/mol. The molecule has 0 fully saturated rings. The Morgan fingerprint density at radius 2 is 0.638 bits per heavy atom. The second-order valence-electron chi connectivity index (χ2n) is 35.0. The normalized spacial score (nSPS) is 13.3. The third kappa shape index (κ3) is 12.7. The van der Waals surface area contributed by atoms with E-state index in [2.05, 4.69) is 322 Å². The van der Waals surface area contributed by atoms with Crippen molar-refractivity contribution in [3.05, 3.63) is 202 Å². The summed E-state index contributed by atoms with van der Waals surface area (Å²) in [5, 5.41) is 4.29. The summed E-state index contributed by atoms with van der Waals surface area (Å²) in [6.07, 6.45) is 0. The average molecular weight is 1240 g/mol. The van der Waals surface area contributed by atoms with Gasteiger partial charge < -0.3 is 8.98 Å². The highest BCUT2D eigenvalue weighted by Gasteiger charge is 2.30. The van der Waals surface area contributed by atoms with Crippen molar-refractivity contribution < 1.29 is 4.42 Å². The van der Waals surface area contributed by atoms with Crippen molar-refractivity contribution in [3.63, 3.8) is 0 Å². The summed E-state index contributed by atoms with van der Waals surface area (Å²) < 4.78 is 9.31. The highest BCUT2D eigenvalue weighted by molar-refractivity contribution is 6.24. The van der Waals surface area contributed by atoms with Gasteiger partial charge in [-0.2, -0.15) is 0 Å². The van der Waals surface area contributed by atoms with E-state index in [1.54, 1.807) is 0 Å². The van der Waals surface area contributed by atoms with Crippen LogP contribution in [0.4, 0.5) is 0 Å². The molecular formula is C87H98N6O. The second-order valence-corrected chi connectivity index (χ2v) is 35.0. The minimum atomic E-state index is -0.166. The topological polar surface area (TPSA) is 82.5 Å². The molecule has 7 nitrogen and oxygen atoms in total. The highest BCUT2D eigenvalue weighted by Crippen LogP contribution is 2.46. The standard InChI is InChI=1S/C87H98N6O/c1-80(2,3)56-37-52(38-57(46-56)81(4,5)6)69-50-68(88-76(89-69)53-39-58(82(7,8)9)47-59(40-53)83(10,11)12)51-33-35-71(93-70-31-27-25-30-66(70)74-72(93)36-34-65-64-29-26-28-32-73(64)94-75(65)74)67(45-51)79-91-77(54-41-60(84(13,14)15)48-61(42-54)85(16,17)18)90-78(92-79)55-43-62(86(19,20)21)49-63(44-55)87(22,23)24/h25-50H,1-24H3. The number of aromatic nitrogens is 6. The summed E-state index contributed by atoms with van der Waals surface area (Å²) in [5.74, 6) is 2.41. The lowest BCUT2D eigenvalue weighted by Crippen LogP contribution is -2.17. The van der Waals surface area contributed by atoms with E-state index >= 15 is 0 Å². The Morgan fingerprint density at radius 1 is 0.277 bits per heavy atom. The first-order valence-corrected chi connectivity index (χ1v) is 33.9. The van der Waals surface area contributed by atoms with Crippen LogP contribution in [0.25, 0.3) is 117 Å². The van der Waals surface area contributed by atoms with Gasteiger partial charge in [-0.3, -0.25) is 0 Å². The predicted octanol–water partition coefficient (Wildman–Crippen LogP) is 24.0. The zero-order valence-corrected chi connectivity index (χ0v) is 60.6. The number of hydrogen-bond donors (Lipinski definition) is 0. The summed E-state index contributed by atoms with van der Waals surface area (Å²) in [6.45, 7) is 55.0. The van der Waals surface area contributed by atoms with Crippen LogP contribution in [-0.4, -0.2) is 29.5 Å². The number of benzene rings is 8. The molecule has 0 N–H and O–H groups in total. The number of para-hydroxylation sites is 2. The predicted molar refractivity (Wildman–Crippen MR) is 399 cm³/mol. The molecule has 0 saturated carbocycles. The van der Waals surface area contributed by atoms with E-state index in [9.17, 15) is 0 Å². The van der Waals surface area contributed by atoms with Gasteiger partial charge >= 0.3 is 0 Å². The van der Waals surface area contributed by atoms with Crippen LogP contribution in [0.3, 0.4) is 0 Å². The molecule has 0 saturated heterocycles. The van der Waals surface area contributed by atoms with Crippen LogP contribution >= 0.6 is 0 Å². The van der Waals surface area contributed by atoms with Gasteiger partial charge in [-0.15, -0.1) is 0 Å². The van der Waals surface area contributed by atoms with Gasteiger partial charge in [0.25, 0.3) is 0 Å². The van der Waals surface area contributed by atoms with Crippen LogP contribution in [0.2, 0.25) is 0 Å². The number of hydrogen-bond acceptors (Lipinski definition) is 6. The third-order valence-corrected chi connectivity index (χ3v) is 19.0. The molecule has 0 unspecified atom stereocenters. The zero-order valence-electron chi connectivity index (χ0n) is 60.6. The second kappa shape index (κ2) is 22.6. The SMILES string of the molecule is CC(C)(C)c1cc(-c2cc(-c3ccc(-n4c5ccccc5c5c6oc7ccccc7c6ccc54)c(-c4nc(-c5cc(C(C)(C)C)cc(C(C)(C)C)c5)nc(-c5cc(C(C)(C)C)cc(C(C)(C)C)c5)n4)c3)nc(-c3cc(C(C)(C)C)cc(C(C)(C)C)c3)n2)cc(C(C)(C)C)c1. The van der Waals surface area contributed by atoms with Gasteiger partial charge in [0.05, 0.1) is 33.5 Å². The van der Waals surface area contributed by atoms with Crippen LogP contribution in [-0.2, 0) is 43.3 Å². The van der Waals surface area contributed by atoms with Crippen LogP contribution < -0.4 is 0 Å². The quantitative estimate of drug-likeness (QED) is 0.158. The first-order chi connectivity index (χ1) is 43.6. The van der Waals surface area contributed by atoms with Crippen molar-refractivity contribution in [2.75, 3.05) is 0 Å². The molecule has 12 rings (SSSR count). The number of furan rings is 1. The van der Waals surface area contributed by atoms with Crippen LogP contribution in [0, 0.1) is 0 Å². The minimum absolute atomic E-state index is 0.127. The first kappa shape index (κ1) is 65.5. The summed E-state index contributed by atoms with van der Waals surface area (Å²) >= 11 is 0. The lowest BCUT2D eigenvalue weighted by atomic mass is 9.79. The maximum Gasteiger partial charge on any atom is 0.166 e. The Balaban J connectivity index is 1.23. The summed E-state index contributed by atoms with van der Waals surface area (Å²) in [5.41, 5.74) is 20.6. The Bertz CT molecular complexity index is 4650. The molecule has 8 aromatic carbocycles. The van der Waals surface area contributed by atoms with Gasteiger partial charge in [-0.25, -0.2) is 24.9 Å². The van der Waals surface area contributed by atoms with Gasteiger partial charge in [0.2, 0.25) is 0 Å². The minimum Gasteiger partial charge on any atom is -0.455 e. The zero-order chi connectivity index (χ0) is 67.9. The molecule has 0 aliphatic heterocycles. The van der Waals surface area contributed by atoms with Crippen molar-refractivity contribution in [2.45, 2.75) is 209 Å². The molecule has 4 aromatic heterocycles. The van der Waals surface area contributed by atoms with Crippen molar-refractivity contribution in [3.8, 4) is 73.8 Å². The Kier molecular flexibility index (Phi) is 15.7. The van der Waals surface area contributed by atoms with Gasteiger partial charge in [0.1, 0.15) is 11.2 Å². The smallest absolute Gasteiger partial charge is 0.166 e. The van der Waals surface area contributed by atoms with Crippen molar-refractivity contribution >= 4 is 43.7 Å². The van der Waals surface area contributed by atoms with Gasteiger partial charge in [0.15, 0.2) is 23.3 Å². The summed E-state index contributed by atoms with van der Waals surface area (Å²) in [6, 6.07) is 58.6. The highest BCUT2D eigenvalue weighted by atomic mass is 16.3. The van der Waals surface area contributed by atoms with E-state index in [4.69, 9.17) is 29.3 Å². The fourth-order valence-electron chi connectivity index (χ4n) is 12.7. The molecule has 7 heteroatoms. The number of nitrogens with zero attached hydrogens (tertiary/aromatic N) is 6. The lowest BCUT2D eigenvalue weighted by molar-refractivity contribution is 0.568. The number of rotatable bonds is 7. The molecule has 0 aliphatic rings. The van der Waals surface area contributed by atoms with Crippen molar-refractivity contribution in [2.24, 2.45) is 0 Å². The summed E-state index contributed by atoms with van der Waals surface area (Å²) in [4.78, 5) is 28.7. The fraction of sp³-hybridized carbons (Fsp3) is 0.368. The fourth-order valence-corrected chi connectivity index (χ4v) is 12.7. The van der Waals surface area contributed by atoms with E-state index in [1.165, 1.54) is 44.5 Å². The number of fused-ring (bicyclic) bond motifs is 7. The maximum absolute atomic E-state index is 6.92. The third-order valence-electron chi connectivity index (χ3n) is 19.0. The Labute approximate surface area is 560 Å². The molecule has 0 spiro atoms.